The van der Waals surface area contributed by atoms with E-state index in [9.17, 15) is 0 Å². The molecule has 0 amide bonds. The number of rotatable bonds is 2. The summed E-state index contributed by atoms with van der Waals surface area (Å²) in [4.78, 5) is 0. The maximum absolute atomic E-state index is 5.92. The Morgan fingerprint density at radius 2 is 2.31 bits per heavy atom. The summed E-state index contributed by atoms with van der Waals surface area (Å²) < 4.78 is 5.12. The molecule has 0 aliphatic heterocycles. The van der Waals surface area contributed by atoms with Gasteiger partial charge >= 0.3 is 0 Å². The van der Waals surface area contributed by atoms with Crippen molar-refractivity contribution in [3.8, 4) is 0 Å². The first-order valence-electron chi connectivity index (χ1n) is 4.06. The molecule has 1 heterocycles. The van der Waals surface area contributed by atoms with Gasteiger partial charge in [-0.2, -0.15) is 0 Å². The fourth-order valence-corrected chi connectivity index (χ4v) is 1.50. The van der Waals surface area contributed by atoms with Crippen LogP contribution in [0.25, 0.3) is 10.9 Å². The average Bonchev–Trinajstić information content (AvgIpc) is 2.51. The molecule has 4 heteroatoms. The smallest absolute Gasteiger partial charge is 0.145 e. The fraction of sp³-hybridized carbons (Fsp3) is 0.222. The van der Waals surface area contributed by atoms with Gasteiger partial charge in [0.05, 0.1) is 5.02 Å². The van der Waals surface area contributed by atoms with E-state index in [0.717, 1.165) is 11.1 Å². The van der Waals surface area contributed by atoms with Crippen molar-refractivity contribution >= 4 is 22.5 Å². The summed E-state index contributed by atoms with van der Waals surface area (Å²) in [5.74, 6) is 0.806. The van der Waals surface area contributed by atoms with Gasteiger partial charge in [0, 0.05) is 11.8 Å². The zero-order chi connectivity index (χ0) is 9.26. The Bertz CT molecular complexity index is 424. The molecular weight excluding hydrogens is 188 g/mol. The molecule has 2 rings (SSSR count). The molecule has 68 valence electrons. The minimum absolute atomic E-state index is 0.552. The molecule has 0 unspecified atom stereocenters. The highest BCUT2D eigenvalue weighted by molar-refractivity contribution is 6.35. The van der Waals surface area contributed by atoms with Gasteiger partial charge in [-0.15, -0.1) is 0 Å². The summed E-state index contributed by atoms with van der Waals surface area (Å²) in [5.41, 5.74) is 6.14. The summed E-state index contributed by atoms with van der Waals surface area (Å²) in [5, 5.41) is 5.45. The zero-order valence-corrected chi connectivity index (χ0v) is 7.71. The number of fused-ring (bicyclic) bond motifs is 1. The normalized spacial score (nSPS) is 10.9. The van der Waals surface area contributed by atoms with Crippen LogP contribution in [0.15, 0.2) is 22.7 Å². The third-order valence-electron chi connectivity index (χ3n) is 1.91. The molecule has 1 aromatic carbocycles. The van der Waals surface area contributed by atoms with E-state index in [1.54, 1.807) is 6.07 Å². The largest absolute Gasteiger partial charge is 0.360 e. The number of hydrogen-bond donors (Lipinski definition) is 1. The Morgan fingerprint density at radius 3 is 3.08 bits per heavy atom. The summed E-state index contributed by atoms with van der Waals surface area (Å²) in [6.07, 6.45) is 0.691. The topological polar surface area (TPSA) is 52.0 Å². The molecule has 2 N–H and O–H groups in total. The number of hydrogen-bond acceptors (Lipinski definition) is 3. The standard InChI is InChI=1S/C9H9ClN2O/c10-7-3-1-2-6-8(4-5-11)13-12-9(6)7/h1-3H,4-5,11H2. The van der Waals surface area contributed by atoms with Crippen LogP contribution < -0.4 is 5.73 Å². The molecule has 0 atom stereocenters. The summed E-state index contributed by atoms with van der Waals surface area (Å²) >= 11 is 5.92. The van der Waals surface area contributed by atoms with Crippen molar-refractivity contribution in [2.24, 2.45) is 5.73 Å². The van der Waals surface area contributed by atoms with Crippen LogP contribution in [0.3, 0.4) is 0 Å². The average molecular weight is 197 g/mol. The lowest BCUT2D eigenvalue weighted by Gasteiger charge is -1.92. The zero-order valence-electron chi connectivity index (χ0n) is 6.96. The van der Waals surface area contributed by atoms with E-state index in [2.05, 4.69) is 5.16 Å². The van der Waals surface area contributed by atoms with Crippen molar-refractivity contribution in [2.75, 3.05) is 6.54 Å². The molecule has 3 nitrogen and oxygen atoms in total. The maximum Gasteiger partial charge on any atom is 0.145 e. The molecular formula is C9H9ClN2O. The maximum atomic E-state index is 5.92. The van der Waals surface area contributed by atoms with Crippen LogP contribution in [-0.2, 0) is 6.42 Å². The highest BCUT2D eigenvalue weighted by atomic mass is 35.5. The van der Waals surface area contributed by atoms with Crippen LogP contribution in [0.4, 0.5) is 0 Å². The van der Waals surface area contributed by atoms with Gasteiger partial charge in [-0.1, -0.05) is 22.8 Å². The molecule has 0 radical (unpaired) electrons. The van der Waals surface area contributed by atoms with Crippen molar-refractivity contribution in [1.29, 1.82) is 0 Å². The molecule has 0 spiro atoms. The quantitative estimate of drug-likeness (QED) is 0.799. The number of aromatic nitrogens is 1. The molecule has 13 heavy (non-hydrogen) atoms. The van der Waals surface area contributed by atoms with Crippen molar-refractivity contribution in [1.82, 2.24) is 5.16 Å². The second-order valence-corrected chi connectivity index (χ2v) is 3.19. The lowest BCUT2D eigenvalue weighted by molar-refractivity contribution is 0.392. The SMILES string of the molecule is NCCc1onc2c(Cl)cccc12. The third-order valence-corrected chi connectivity index (χ3v) is 2.21. The van der Waals surface area contributed by atoms with Crippen LogP contribution in [0.1, 0.15) is 5.76 Å². The van der Waals surface area contributed by atoms with Crippen molar-refractivity contribution in [3.63, 3.8) is 0 Å². The predicted molar refractivity (Wildman–Crippen MR) is 51.8 cm³/mol. The van der Waals surface area contributed by atoms with Crippen molar-refractivity contribution < 1.29 is 4.52 Å². The number of halogens is 1. The molecule has 0 aliphatic carbocycles. The van der Waals surface area contributed by atoms with Gasteiger partial charge in [-0.25, -0.2) is 0 Å². The highest BCUT2D eigenvalue weighted by Gasteiger charge is 2.08. The van der Waals surface area contributed by atoms with Gasteiger partial charge in [0.15, 0.2) is 0 Å². The Morgan fingerprint density at radius 1 is 1.46 bits per heavy atom. The van der Waals surface area contributed by atoms with E-state index in [1.165, 1.54) is 0 Å². The Hall–Kier alpha value is -1.06. The van der Waals surface area contributed by atoms with Crippen LogP contribution in [0.2, 0.25) is 5.02 Å². The molecule has 2 aromatic rings. The van der Waals surface area contributed by atoms with Gasteiger partial charge in [0.2, 0.25) is 0 Å². The third kappa shape index (κ3) is 1.41. The van der Waals surface area contributed by atoms with Gasteiger partial charge < -0.3 is 10.3 Å². The summed E-state index contributed by atoms with van der Waals surface area (Å²) in [6.45, 7) is 0.552. The Kier molecular flexibility index (Phi) is 2.20. The first kappa shape index (κ1) is 8.53. The fourth-order valence-electron chi connectivity index (χ4n) is 1.29. The van der Waals surface area contributed by atoms with Crippen molar-refractivity contribution in [2.45, 2.75) is 6.42 Å². The molecule has 1 aromatic heterocycles. The van der Waals surface area contributed by atoms with Gasteiger partial charge in [-0.05, 0) is 18.7 Å². The second-order valence-electron chi connectivity index (χ2n) is 2.78. The molecule has 0 aliphatic rings. The van der Waals surface area contributed by atoms with Crippen LogP contribution in [-0.4, -0.2) is 11.7 Å². The first-order chi connectivity index (χ1) is 6.33. The second kappa shape index (κ2) is 3.36. The van der Waals surface area contributed by atoms with E-state index in [4.69, 9.17) is 21.9 Å². The molecule has 0 fully saturated rings. The van der Waals surface area contributed by atoms with Gasteiger partial charge in [0.25, 0.3) is 0 Å². The van der Waals surface area contributed by atoms with E-state index in [-0.39, 0.29) is 0 Å². The molecule has 0 saturated heterocycles. The number of benzene rings is 1. The minimum Gasteiger partial charge on any atom is -0.360 e. The summed E-state index contributed by atoms with van der Waals surface area (Å²) in [7, 11) is 0. The van der Waals surface area contributed by atoms with Crippen LogP contribution >= 0.6 is 11.6 Å². The highest BCUT2D eigenvalue weighted by Crippen LogP contribution is 2.24. The minimum atomic E-state index is 0.552. The lowest BCUT2D eigenvalue weighted by Crippen LogP contribution is -2.01. The van der Waals surface area contributed by atoms with E-state index in [1.807, 2.05) is 12.1 Å². The van der Waals surface area contributed by atoms with E-state index in [0.29, 0.717) is 23.5 Å². The number of nitrogens with zero attached hydrogens (tertiary/aromatic N) is 1. The first-order valence-corrected chi connectivity index (χ1v) is 4.43. The lowest BCUT2D eigenvalue weighted by atomic mass is 10.2. The predicted octanol–water partition coefficient (Wildman–Crippen LogP) is 1.98. The summed E-state index contributed by atoms with van der Waals surface area (Å²) in [6, 6.07) is 5.60. The Balaban J connectivity index is 2.61. The molecule has 0 saturated carbocycles. The van der Waals surface area contributed by atoms with Crippen LogP contribution in [0, 0.1) is 0 Å². The number of nitrogens with two attached hydrogens (primary N) is 1. The van der Waals surface area contributed by atoms with E-state index >= 15 is 0 Å². The van der Waals surface area contributed by atoms with Crippen LogP contribution in [0.5, 0.6) is 0 Å². The monoisotopic (exact) mass is 196 g/mol. The van der Waals surface area contributed by atoms with Crippen molar-refractivity contribution in [3.05, 3.63) is 29.0 Å². The molecule has 0 bridgehead atoms. The van der Waals surface area contributed by atoms with Gasteiger partial charge in [0.1, 0.15) is 11.3 Å². The Labute approximate surface area is 80.5 Å². The van der Waals surface area contributed by atoms with E-state index < -0.39 is 0 Å². The van der Waals surface area contributed by atoms with Gasteiger partial charge in [-0.3, -0.25) is 0 Å².